The van der Waals surface area contributed by atoms with E-state index >= 15 is 0 Å². The number of halogens is 2. The second-order valence-electron chi connectivity index (χ2n) is 3.97. The number of benzene rings is 1. The Balaban J connectivity index is 2.29. The maximum absolute atomic E-state index is 13.4. The minimum atomic E-state index is -0.671. The van der Waals surface area contributed by atoms with E-state index in [1.165, 1.54) is 6.07 Å². The molecule has 0 bridgehead atoms. The minimum Gasteiger partial charge on any atom is -0.436 e. The summed E-state index contributed by atoms with van der Waals surface area (Å²) in [5.74, 6) is -0.664. The quantitative estimate of drug-likeness (QED) is 0.922. The Kier molecular flexibility index (Phi) is 3.89. The molecule has 100 valence electrons. The fourth-order valence-electron chi connectivity index (χ4n) is 1.55. The summed E-state index contributed by atoms with van der Waals surface area (Å²) in [6.45, 7) is 1.97. The van der Waals surface area contributed by atoms with Crippen molar-refractivity contribution in [3.63, 3.8) is 0 Å². The van der Waals surface area contributed by atoms with Crippen LogP contribution in [0, 0.1) is 11.6 Å². The molecule has 4 nitrogen and oxygen atoms in total. The van der Waals surface area contributed by atoms with Gasteiger partial charge in [-0.2, -0.15) is 4.98 Å². The molecule has 0 radical (unpaired) electrons. The van der Waals surface area contributed by atoms with Gasteiger partial charge in [0, 0.05) is 18.6 Å². The van der Waals surface area contributed by atoms with E-state index in [2.05, 4.69) is 9.97 Å². The smallest absolute Gasteiger partial charge is 0.224 e. The van der Waals surface area contributed by atoms with Crippen molar-refractivity contribution >= 4 is 5.82 Å². The number of rotatable bonds is 4. The molecular formula is C13H13F2N3O. The van der Waals surface area contributed by atoms with Gasteiger partial charge < -0.3 is 10.5 Å². The third-order valence-corrected chi connectivity index (χ3v) is 2.35. The molecule has 6 heteroatoms. The molecule has 0 aliphatic heterocycles. The zero-order valence-corrected chi connectivity index (χ0v) is 10.4. The second kappa shape index (κ2) is 5.60. The number of nitrogen functional groups attached to an aromatic ring is 1. The van der Waals surface area contributed by atoms with E-state index in [1.54, 1.807) is 0 Å². The summed E-state index contributed by atoms with van der Waals surface area (Å²) in [6.07, 6.45) is 1.48. The van der Waals surface area contributed by atoms with E-state index in [1.807, 2.05) is 6.92 Å². The minimum absolute atomic E-state index is 0.0976. The van der Waals surface area contributed by atoms with Gasteiger partial charge in [0.1, 0.15) is 17.5 Å². The van der Waals surface area contributed by atoms with E-state index < -0.39 is 11.6 Å². The highest BCUT2D eigenvalue weighted by atomic mass is 19.1. The van der Waals surface area contributed by atoms with Crippen molar-refractivity contribution in [3.8, 4) is 11.6 Å². The van der Waals surface area contributed by atoms with Gasteiger partial charge in [0.15, 0.2) is 11.6 Å². The molecular weight excluding hydrogens is 252 g/mol. The molecule has 0 fully saturated rings. The molecule has 1 heterocycles. The highest BCUT2D eigenvalue weighted by molar-refractivity contribution is 5.36. The van der Waals surface area contributed by atoms with Crippen molar-refractivity contribution in [2.45, 2.75) is 19.8 Å². The first-order valence-corrected chi connectivity index (χ1v) is 5.85. The van der Waals surface area contributed by atoms with Gasteiger partial charge in [-0.3, -0.25) is 0 Å². The summed E-state index contributed by atoms with van der Waals surface area (Å²) in [6, 6.07) is 4.32. The summed E-state index contributed by atoms with van der Waals surface area (Å²) in [7, 11) is 0. The van der Waals surface area contributed by atoms with Crippen LogP contribution in [-0.2, 0) is 6.42 Å². The van der Waals surface area contributed by atoms with Crippen molar-refractivity contribution in [1.82, 2.24) is 9.97 Å². The lowest BCUT2D eigenvalue weighted by atomic mass is 10.3. The van der Waals surface area contributed by atoms with Crippen LogP contribution >= 0.6 is 0 Å². The zero-order valence-electron chi connectivity index (χ0n) is 10.4. The van der Waals surface area contributed by atoms with Gasteiger partial charge in [0.25, 0.3) is 0 Å². The molecule has 2 aromatic rings. The Morgan fingerprint density at radius 3 is 2.74 bits per heavy atom. The van der Waals surface area contributed by atoms with Gasteiger partial charge in [-0.25, -0.2) is 13.8 Å². The number of nitrogens with two attached hydrogens (primary N) is 1. The molecule has 0 unspecified atom stereocenters. The van der Waals surface area contributed by atoms with Crippen LogP contribution in [0.25, 0.3) is 0 Å². The molecule has 0 atom stereocenters. The van der Waals surface area contributed by atoms with E-state index in [9.17, 15) is 8.78 Å². The Bertz CT molecular complexity index is 590. The second-order valence-corrected chi connectivity index (χ2v) is 3.97. The summed E-state index contributed by atoms with van der Waals surface area (Å²) in [5, 5.41) is 0. The number of aromatic nitrogens is 2. The largest absolute Gasteiger partial charge is 0.436 e. The molecule has 0 aliphatic rings. The van der Waals surface area contributed by atoms with Crippen molar-refractivity contribution in [2.75, 3.05) is 5.73 Å². The lowest BCUT2D eigenvalue weighted by Gasteiger charge is -2.08. The zero-order chi connectivity index (χ0) is 13.8. The van der Waals surface area contributed by atoms with Crippen LogP contribution in [-0.4, -0.2) is 9.97 Å². The molecule has 0 amide bonds. The Morgan fingerprint density at radius 2 is 2.00 bits per heavy atom. The molecule has 2 rings (SSSR count). The molecule has 0 saturated heterocycles. The van der Waals surface area contributed by atoms with Crippen molar-refractivity contribution in [2.24, 2.45) is 0 Å². The van der Waals surface area contributed by atoms with E-state index in [0.717, 1.165) is 24.6 Å². The van der Waals surface area contributed by atoms with Gasteiger partial charge in [-0.05, 0) is 18.6 Å². The van der Waals surface area contributed by atoms with E-state index in [-0.39, 0.29) is 17.4 Å². The summed E-state index contributed by atoms with van der Waals surface area (Å²) in [4.78, 5) is 8.11. The van der Waals surface area contributed by atoms with Crippen molar-refractivity contribution in [3.05, 3.63) is 41.7 Å². The topological polar surface area (TPSA) is 61.0 Å². The third-order valence-electron chi connectivity index (χ3n) is 2.35. The predicted molar refractivity (Wildman–Crippen MR) is 66.9 cm³/mol. The summed E-state index contributed by atoms with van der Waals surface area (Å²) in [5.41, 5.74) is 5.61. The first-order chi connectivity index (χ1) is 9.08. The fourth-order valence-corrected chi connectivity index (χ4v) is 1.55. The number of hydrogen-bond donors (Lipinski definition) is 1. The maximum Gasteiger partial charge on any atom is 0.224 e. The lowest BCUT2D eigenvalue weighted by molar-refractivity contribution is 0.420. The van der Waals surface area contributed by atoms with E-state index in [4.69, 9.17) is 10.5 Å². The Labute approximate surface area is 109 Å². The van der Waals surface area contributed by atoms with Crippen molar-refractivity contribution in [1.29, 1.82) is 0 Å². The average Bonchev–Trinajstić information content (AvgIpc) is 2.33. The van der Waals surface area contributed by atoms with Gasteiger partial charge in [0.05, 0.1) is 0 Å². The van der Waals surface area contributed by atoms with Crippen LogP contribution in [0.15, 0.2) is 24.3 Å². The summed E-state index contributed by atoms with van der Waals surface area (Å²) < 4.78 is 31.7. The van der Waals surface area contributed by atoms with Gasteiger partial charge in [-0.1, -0.05) is 6.92 Å². The number of aryl methyl sites for hydroxylation is 1. The van der Waals surface area contributed by atoms with Gasteiger partial charge in [0.2, 0.25) is 5.88 Å². The van der Waals surface area contributed by atoms with Crippen LogP contribution in [0.2, 0.25) is 0 Å². The molecule has 0 aliphatic carbocycles. The lowest BCUT2D eigenvalue weighted by Crippen LogP contribution is -2.02. The summed E-state index contributed by atoms with van der Waals surface area (Å²) >= 11 is 0. The van der Waals surface area contributed by atoms with Crippen LogP contribution in [0.1, 0.15) is 19.2 Å². The SMILES string of the molecule is CCCc1nc(N)cc(Oc2cc(F)ccc2F)n1. The monoisotopic (exact) mass is 265 g/mol. The molecule has 1 aromatic heterocycles. The average molecular weight is 265 g/mol. The normalized spacial score (nSPS) is 10.5. The van der Waals surface area contributed by atoms with Gasteiger partial charge in [-0.15, -0.1) is 0 Å². The van der Waals surface area contributed by atoms with Crippen LogP contribution in [0.4, 0.5) is 14.6 Å². The third kappa shape index (κ3) is 3.37. The fraction of sp³-hybridized carbons (Fsp3) is 0.231. The van der Waals surface area contributed by atoms with E-state index in [0.29, 0.717) is 12.2 Å². The highest BCUT2D eigenvalue weighted by Gasteiger charge is 2.09. The first-order valence-electron chi connectivity index (χ1n) is 5.85. The Hall–Kier alpha value is -2.24. The standard InChI is InChI=1S/C13H13F2N3O/c1-2-3-12-17-11(16)7-13(18-12)19-10-6-8(14)4-5-9(10)15/h4-7H,2-3H2,1H3,(H2,16,17,18). The number of hydrogen-bond acceptors (Lipinski definition) is 4. The van der Waals surface area contributed by atoms with Gasteiger partial charge >= 0.3 is 0 Å². The molecule has 2 N–H and O–H groups in total. The molecule has 1 aromatic carbocycles. The molecule has 0 spiro atoms. The number of nitrogens with zero attached hydrogens (tertiary/aromatic N) is 2. The first kappa shape index (κ1) is 13.2. The number of ether oxygens (including phenoxy) is 1. The van der Waals surface area contributed by atoms with Crippen LogP contribution in [0.3, 0.4) is 0 Å². The molecule has 0 saturated carbocycles. The molecule has 19 heavy (non-hydrogen) atoms. The predicted octanol–water partition coefficient (Wildman–Crippen LogP) is 3.08. The maximum atomic E-state index is 13.4. The highest BCUT2D eigenvalue weighted by Crippen LogP contribution is 2.24. The number of anilines is 1. The Morgan fingerprint density at radius 1 is 1.21 bits per heavy atom. The van der Waals surface area contributed by atoms with Crippen LogP contribution in [0.5, 0.6) is 11.6 Å². The van der Waals surface area contributed by atoms with Crippen molar-refractivity contribution < 1.29 is 13.5 Å². The van der Waals surface area contributed by atoms with Crippen LogP contribution < -0.4 is 10.5 Å².